The first-order valence-corrected chi connectivity index (χ1v) is 16.1. The molecule has 2 aromatic carbocycles. The molecule has 2 aliphatic heterocycles. The van der Waals surface area contributed by atoms with Crippen LogP contribution >= 0.6 is 0 Å². The zero-order valence-electron chi connectivity index (χ0n) is 27.6. The summed E-state index contributed by atoms with van der Waals surface area (Å²) >= 11 is 0. The summed E-state index contributed by atoms with van der Waals surface area (Å²) in [4.78, 5) is 32.0. The number of aromatic amines is 1. The Bertz CT molecular complexity index is 2470. The average Bonchev–Trinajstić information content (AvgIpc) is 3.40. The predicted octanol–water partition coefficient (Wildman–Crippen LogP) is 6.21. The topological polar surface area (TPSA) is 155 Å². The van der Waals surface area contributed by atoms with Gasteiger partial charge in [-0.25, -0.2) is 13.8 Å². The predicted molar refractivity (Wildman–Crippen MR) is 188 cm³/mol. The van der Waals surface area contributed by atoms with E-state index in [2.05, 4.69) is 45.8 Å². The Morgan fingerprint density at radius 2 is 1.67 bits per heavy atom. The van der Waals surface area contributed by atoms with Crippen molar-refractivity contribution in [3.05, 3.63) is 112 Å². The van der Waals surface area contributed by atoms with E-state index in [0.29, 0.717) is 53.3 Å². The van der Waals surface area contributed by atoms with Gasteiger partial charge < -0.3 is 24.6 Å². The van der Waals surface area contributed by atoms with Gasteiger partial charge in [-0.15, -0.1) is 0 Å². The fourth-order valence-corrected chi connectivity index (χ4v) is 6.57. The third kappa shape index (κ3) is 6.05. The molecule has 2 N–H and O–H groups in total. The summed E-state index contributed by atoms with van der Waals surface area (Å²) in [7, 11) is 0. The molecule has 0 saturated carbocycles. The molecule has 6 heterocycles. The van der Waals surface area contributed by atoms with Gasteiger partial charge in [0.1, 0.15) is 40.8 Å². The molecule has 0 atom stereocenters. The Balaban J connectivity index is 0.000000226. The van der Waals surface area contributed by atoms with Crippen LogP contribution in [0.5, 0.6) is 5.75 Å². The Hall–Kier alpha value is -6.44. The molecule has 2 aliphatic rings. The SMILES string of the molecule is CC1(C)CN(c2c(C#N)c(-c3ccccn3)nc3cc(F)ccc23)c2cc(N3CCOCC3)cnc21.N#Cc1c(O)c2ccc(F)cc2[nH]c1=O. The van der Waals surface area contributed by atoms with Gasteiger partial charge in [-0.1, -0.05) is 19.9 Å². The van der Waals surface area contributed by atoms with E-state index in [-0.39, 0.29) is 27.7 Å². The third-order valence-electron chi connectivity index (χ3n) is 8.99. The van der Waals surface area contributed by atoms with Gasteiger partial charge in [-0.3, -0.25) is 14.8 Å². The minimum Gasteiger partial charge on any atom is -0.506 e. The number of pyridine rings is 4. The normalized spacial score (nSPS) is 14.8. The Morgan fingerprint density at radius 3 is 2.37 bits per heavy atom. The molecule has 1 saturated heterocycles. The van der Waals surface area contributed by atoms with Crippen LogP contribution in [0.4, 0.5) is 25.8 Å². The zero-order valence-corrected chi connectivity index (χ0v) is 27.6. The van der Waals surface area contributed by atoms with Crippen LogP contribution < -0.4 is 15.4 Å². The molecule has 6 aromatic rings. The van der Waals surface area contributed by atoms with Crippen molar-refractivity contribution in [1.29, 1.82) is 10.5 Å². The van der Waals surface area contributed by atoms with Crippen molar-refractivity contribution in [3.63, 3.8) is 0 Å². The highest BCUT2D eigenvalue weighted by molar-refractivity contribution is 6.01. The van der Waals surface area contributed by atoms with Crippen molar-refractivity contribution >= 4 is 38.9 Å². The summed E-state index contributed by atoms with van der Waals surface area (Å²) in [6, 6.07) is 19.7. The molecule has 4 aromatic heterocycles. The number of fused-ring (bicyclic) bond motifs is 3. The van der Waals surface area contributed by atoms with Gasteiger partial charge in [0.25, 0.3) is 5.56 Å². The first-order valence-electron chi connectivity index (χ1n) is 16.1. The molecule has 0 radical (unpaired) electrons. The summed E-state index contributed by atoms with van der Waals surface area (Å²) < 4.78 is 32.7. The fraction of sp³-hybridized carbons (Fsp3) is 0.211. The van der Waals surface area contributed by atoms with E-state index < -0.39 is 17.1 Å². The molecule has 8 rings (SSSR count). The molecule has 13 heteroatoms. The zero-order chi connectivity index (χ0) is 35.9. The number of ether oxygens (including phenoxy) is 1. The summed E-state index contributed by atoms with van der Waals surface area (Å²) in [6.07, 6.45) is 3.60. The van der Waals surface area contributed by atoms with Crippen molar-refractivity contribution in [2.45, 2.75) is 19.3 Å². The van der Waals surface area contributed by atoms with Crippen molar-refractivity contribution in [2.75, 3.05) is 42.6 Å². The van der Waals surface area contributed by atoms with Crippen molar-refractivity contribution in [2.24, 2.45) is 0 Å². The number of hydrogen-bond acceptors (Lipinski definition) is 10. The van der Waals surface area contributed by atoms with Crippen LogP contribution in [0.1, 0.15) is 30.7 Å². The minimum absolute atomic E-state index is 0.163. The van der Waals surface area contributed by atoms with Crippen LogP contribution in [-0.4, -0.2) is 57.9 Å². The molecule has 1 fully saturated rings. The van der Waals surface area contributed by atoms with Gasteiger partial charge in [0.15, 0.2) is 5.56 Å². The second-order valence-corrected chi connectivity index (χ2v) is 12.8. The lowest BCUT2D eigenvalue weighted by Crippen LogP contribution is -2.36. The van der Waals surface area contributed by atoms with E-state index in [4.69, 9.17) is 20.0 Å². The molecule has 0 spiro atoms. The lowest BCUT2D eigenvalue weighted by Gasteiger charge is -2.30. The number of anilines is 3. The number of hydrogen-bond donors (Lipinski definition) is 2. The van der Waals surface area contributed by atoms with Gasteiger partial charge in [0, 0.05) is 48.1 Å². The van der Waals surface area contributed by atoms with Crippen molar-refractivity contribution in [3.8, 4) is 29.3 Å². The van der Waals surface area contributed by atoms with Crippen molar-refractivity contribution < 1.29 is 18.6 Å². The molecular formula is C38H30F2N8O3. The number of rotatable bonds is 3. The second-order valence-electron chi connectivity index (χ2n) is 12.8. The van der Waals surface area contributed by atoms with Crippen LogP contribution in [0.3, 0.4) is 0 Å². The Kier molecular flexibility index (Phi) is 8.51. The molecular weight excluding hydrogens is 654 g/mol. The monoisotopic (exact) mass is 684 g/mol. The molecule has 0 aliphatic carbocycles. The maximum absolute atomic E-state index is 14.3. The van der Waals surface area contributed by atoms with Crippen LogP contribution in [0.15, 0.2) is 77.9 Å². The number of aromatic nitrogens is 4. The summed E-state index contributed by atoms with van der Waals surface area (Å²) in [5.74, 6) is -1.32. The number of nitrogens with one attached hydrogen (secondary N) is 1. The first-order chi connectivity index (χ1) is 24.6. The van der Waals surface area contributed by atoms with Crippen molar-refractivity contribution in [1.82, 2.24) is 19.9 Å². The van der Waals surface area contributed by atoms with Gasteiger partial charge in [-0.05, 0) is 48.5 Å². The number of H-pyrrole nitrogens is 1. The van der Waals surface area contributed by atoms with Crippen LogP contribution in [-0.2, 0) is 10.2 Å². The molecule has 0 unspecified atom stereocenters. The standard InChI is InChI=1S/C28H25FN6O.C10H5FN2O2/c1-28(2)17-35(24-14-19(16-32-27(24)28)34-9-11-36-12-10-34)26-20-7-6-18(29)13-23(20)33-25(21(26)15-30)22-5-3-4-8-31-22;11-5-1-2-6-8(3-5)13-10(15)7(4-12)9(6)14/h3-8,13-14,16H,9-12,17H2,1-2H3;1-3H,(H2,13,14,15). The minimum atomic E-state index is -0.729. The third-order valence-corrected chi connectivity index (χ3v) is 8.99. The maximum Gasteiger partial charge on any atom is 0.270 e. The number of nitrogens with zero attached hydrogens (tertiary/aromatic N) is 7. The average molecular weight is 685 g/mol. The van der Waals surface area contributed by atoms with E-state index in [1.807, 2.05) is 24.4 Å². The highest BCUT2D eigenvalue weighted by Gasteiger charge is 2.40. The van der Waals surface area contributed by atoms with E-state index in [1.54, 1.807) is 18.3 Å². The number of aromatic hydroxyl groups is 1. The summed E-state index contributed by atoms with van der Waals surface area (Å²) in [5, 5.41) is 29.5. The molecule has 11 nitrogen and oxygen atoms in total. The molecule has 51 heavy (non-hydrogen) atoms. The largest absolute Gasteiger partial charge is 0.506 e. The summed E-state index contributed by atoms with van der Waals surface area (Å²) in [6.45, 7) is 7.89. The first kappa shape index (κ1) is 33.1. The van der Waals surface area contributed by atoms with Gasteiger partial charge in [0.2, 0.25) is 0 Å². The molecule has 254 valence electrons. The number of benzene rings is 2. The quantitative estimate of drug-likeness (QED) is 0.220. The number of morpholine rings is 1. The Morgan fingerprint density at radius 1 is 0.941 bits per heavy atom. The van der Waals surface area contributed by atoms with E-state index in [9.17, 15) is 23.9 Å². The van der Waals surface area contributed by atoms with Crippen LogP contribution in [0, 0.1) is 34.3 Å². The van der Waals surface area contributed by atoms with Gasteiger partial charge in [0.05, 0.1) is 58.9 Å². The van der Waals surface area contributed by atoms with E-state index in [0.717, 1.165) is 42.3 Å². The highest BCUT2D eigenvalue weighted by atomic mass is 19.1. The van der Waals surface area contributed by atoms with Gasteiger partial charge >= 0.3 is 0 Å². The van der Waals surface area contributed by atoms with E-state index >= 15 is 0 Å². The lowest BCUT2D eigenvalue weighted by atomic mass is 9.91. The molecule has 0 amide bonds. The number of halogens is 2. The number of nitriles is 2. The van der Waals surface area contributed by atoms with Crippen LogP contribution in [0.2, 0.25) is 0 Å². The second kappa shape index (κ2) is 13.1. The fourth-order valence-electron chi connectivity index (χ4n) is 6.57. The molecule has 0 bridgehead atoms. The summed E-state index contributed by atoms with van der Waals surface area (Å²) in [5.41, 5.74) is 4.35. The van der Waals surface area contributed by atoms with E-state index in [1.165, 1.54) is 18.2 Å². The Labute approximate surface area is 290 Å². The van der Waals surface area contributed by atoms with Gasteiger partial charge in [-0.2, -0.15) is 10.5 Å². The smallest absolute Gasteiger partial charge is 0.270 e. The van der Waals surface area contributed by atoms with Crippen LogP contribution in [0.25, 0.3) is 33.2 Å². The lowest BCUT2D eigenvalue weighted by molar-refractivity contribution is 0.122. The highest BCUT2D eigenvalue weighted by Crippen LogP contribution is 2.48. The maximum atomic E-state index is 14.3.